The summed E-state index contributed by atoms with van der Waals surface area (Å²) in [5, 5.41) is 18.5. The lowest BCUT2D eigenvalue weighted by Gasteiger charge is -2.23. The van der Waals surface area contributed by atoms with Gasteiger partial charge in [0.25, 0.3) is 0 Å². The molecule has 0 aliphatic carbocycles. The molecular formula is C27H38N4O8. The average molecular weight is 547 g/mol. The van der Waals surface area contributed by atoms with E-state index in [1.165, 1.54) is 6.07 Å². The van der Waals surface area contributed by atoms with Gasteiger partial charge >= 0.3 is 11.9 Å². The molecule has 214 valence electrons. The van der Waals surface area contributed by atoms with Gasteiger partial charge in [-0.2, -0.15) is 0 Å². The van der Waals surface area contributed by atoms with Crippen molar-refractivity contribution in [1.29, 1.82) is 0 Å². The third-order valence-corrected chi connectivity index (χ3v) is 5.99. The molecule has 0 spiro atoms. The second kappa shape index (κ2) is 16.9. The van der Waals surface area contributed by atoms with Gasteiger partial charge in [0.1, 0.15) is 11.4 Å². The Balaban J connectivity index is 1.50. The molecule has 0 unspecified atom stereocenters. The minimum absolute atomic E-state index is 0.0226. The highest BCUT2D eigenvalue weighted by Gasteiger charge is 2.13. The molecule has 0 radical (unpaired) electrons. The van der Waals surface area contributed by atoms with Gasteiger partial charge in [-0.1, -0.05) is 6.07 Å². The number of rotatable bonds is 6. The second-order valence-corrected chi connectivity index (χ2v) is 9.15. The fourth-order valence-electron chi connectivity index (χ4n) is 4.03. The largest absolute Gasteiger partial charge is 0.477 e. The van der Waals surface area contributed by atoms with Crippen LogP contribution in [0.3, 0.4) is 0 Å². The van der Waals surface area contributed by atoms with Gasteiger partial charge in [-0.3, -0.25) is 9.80 Å². The maximum atomic E-state index is 11.4. The number of hydrogen-bond donors (Lipinski definition) is 2. The van der Waals surface area contributed by atoms with Crippen molar-refractivity contribution < 1.29 is 38.7 Å². The summed E-state index contributed by atoms with van der Waals surface area (Å²) in [6.07, 6.45) is 0. The molecule has 2 aromatic heterocycles. The lowest BCUT2D eigenvalue weighted by Crippen LogP contribution is -2.33. The molecule has 2 N–H and O–H groups in total. The Morgan fingerprint density at radius 3 is 1.64 bits per heavy atom. The van der Waals surface area contributed by atoms with Crippen molar-refractivity contribution in [3.63, 3.8) is 0 Å². The smallest absolute Gasteiger partial charge is 0.354 e. The molecular weight excluding hydrogens is 508 g/mol. The molecule has 12 nitrogen and oxygen atoms in total. The van der Waals surface area contributed by atoms with E-state index in [-0.39, 0.29) is 11.4 Å². The number of carboxylic acids is 2. The van der Waals surface area contributed by atoms with Crippen LogP contribution in [0.4, 0.5) is 0 Å². The molecule has 0 atom stereocenters. The lowest BCUT2D eigenvalue weighted by molar-refractivity contribution is 0.00597. The van der Waals surface area contributed by atoms with Crippen LogP contribution in [0.15, 0.2) is 30.3 Å². The van der Waals surface area contributed by atoms with Gasteiger partial charge in [-0.05, 0) is 36.8 Å². The van der Waals surface area contributed by atoms with Crippen molar-refractivity contribution in [2.45, 2.75) is 20.0 Å². The second-order valence-electron chi connectivity index (χ2n) is 9.15. The number of aromatic carboxylic acids is 2. The van der Waals surface area contributed by atoms with Crippen LogP contribution in [0.25, 0.3) is 0 Å². The Morgan fingerprint density at radius 2 is 1.15 bits per heavy atom. The van der Waals surface area contributed by atoms with Gasteiger partial charge in [0.2, 0.25) is 0 Å². The van der Waals surface area contributed by atoms with Crippen LogP contribution in [-0.4, -0.2) is 121 Å². The van der Waals surface area contributed by atoms with Gasteiger partial charge in [0.15, 0.2) is 0 Å². The number of aromatic nitrogens is 2. The van der Waals surface area contributed by atoms with Crippen molar-refractivity contribution in [3.8, 4) is 0 Å². The quantitative estimate of drug-likeness (QED) is 0.543. The molecule has 3 heterocycles. The number of carboxylic acid groups (broad SMARTS) is 2. The third kappa shape index (κ3) is 11.7. The predicted octanol–water partition coefficient (Wildman–Crippen LogP) is 1.57. The molecule has 0 saturated carbocycles. The van der Waals surface area contributed by atoms with Gasteiger partial charge < -0.3 is 29.2 Å². The Labute approximate surface area is 228 Å². The molecule has 39 heavy (non-hydrogen) atoms. The van der Waals surface area contributed by atoms with E-state index in [4.69, 9.17) is 18.9 Å². The van der Waals surface area contributed by atoms with Crippen molar-refractivity contribution in [2.24, 2.45) is 0 Å². The summed E-state index contributed by atoms with van der Waals surface area (Å²) in [4.78, 5) is 35.4. The van der Waals surface area contributed by atoms with Crippen LogP contribution >= 0.6 is 0 Å². The highest BCUT2D eigenvalue weighted by atomic mass is 16.5. The minimum Gasteiger partial charge on any atom is -0.477 e. The fourth-order valence-corrected chi connectivity index (χ4v) is 4.03. The summed E-state index contributed by atoms with van der Waals surface area (Å²) in [6, 6.07) is 8.44. The van der Waals surface area contributed by atoms with E-state index in [9.17, 15) is 19.8 Å². The Kier molecular flexibility index (Phi) is 13.2. The minimum atomic E-state index is -1.05. The SMILES string of the molecule is Cc1cc(CN2CCOCCOCCN(Cc3cccc(C(=O)O)n3)CCOCCOCC2)nc(C(=O)O)c1. The lowest BCUT2D eigenvalue weighted by atomic mass is 10.2. The van der Waals surface area contributed by atoms with E-state index in [1.54, 1.807) is 12.1 Å². The van der Waals surface area contributed by atoms with E-state index >= 15 is 0 Å². The average Bonchev–Trinajstić information content (AvgIpc) is 2.90. The van der Waals surface area contributed by atoms with E-state index in [1.807, 2.05) is 19.1 Å². The van der Waals surface area contributed by atoms with Gasteiger partial charge in [-0.15, -0.1) is 0 Å². The first-order valence-corrected chi connectivity index (χ1v) is 13.1. The summed E-state index contributed by atoms with van der Waals surface area (Å²) in [6.45, 7) is 9.10. The summed E-state index contributed by atoms with van der Waals surface area (Å²) < 4.78 is 23.1. The molecule has 1 aliphatic rings. The molecule has 0 aromatic carbocycles. The summed E-state index contributed by atoms with van der Waals surface area (Å²) in [5.74, 6) is -2.09. The van der Waals surface area contributed by atoms with Crippen molar-refractivity contribution in [1.82, 2.24) is 19.8 Å². The van der Waals surface area contributed by atoms with Gasteiger partial charge in [-0.25, -0.2) is 19.6 Å². The van der Waals surface area contributed by atoms with E-state index in [0.29, 0.717) is 104 Å². The first-order valence-electron chi connectivity index (χ1n) is 13.1. The number of hydrogen-bond acceptors (Lipinski definition) is 10. The maximum Gasteiger partial charge on any atom is 0.354 e. The molecule has 12 heteroatoms. The Bertz CT molecular complexity index is 1030. The number of aryl methyl sites for hydroxylation is 1. The fraction of sp³-hybridized carbons (Fsp3) is 0.556. The molecule has 1 aliphatic heterocycles. The monoisotopic (exact) mass is 546 g/mol. The highest BCUT2D eigenvalue weighted by Crippen LogP contribution is 2.09. The van der Waals surface area contributed by atoms with Crippen molar-refractivity contribution in [3.05, 3.63) is 58.7 Å². The van der Waals surface area contributed by atoms with Crippen LogP contribution in [0, 0.1) is 6.92 Å². The van der Waals surface area contributed by atoms with E-state index < -0.39 is 11.9 Å². The molecule has 0 bridgehead atoms. The molecule has 0 amide bonds. The summed E-state index contributed by atoms with van der Waals surface area (Å²) in [7, 11) is 0. The normalized spacial score (nSPS) is 18.2. The molecule has 3 rings (SSSR count). The summed E-state index contributed by atoms with van der Waals surface area (Å²) in [5.41, 5.74) is 2.28. The standard InChI is InChI=1S/C27H38N4O8/c1-21-17-23(29-25(18-21)27(34)35)20-31-7-11-38-15-13-36-9-5-30(6-10-37-14-16-39-12-8-31)19-22-3-2-4-24(28-22)26(32)33/h2-4,17-18H,5-16,19-20H2,1H3,(H,32,33)(H,34,35). The number of carbonyl (C=O) groups is 2. The maximum absolute atomic E-state index is 11.4. The van der Waals surface area contributed by atoms with Crippen molar-refractivity contribution >= 4 is 11.9 Å². The Morgan fingerprint density at radius 1 is 0.692 bits per heavy atom. The topological polar surface area (TPSA) is 144 Å². The van der Waals surface area contributed by atoms with Gasteiger partial charge in [0.05, 0.1) is 64.2 Å². The van der Waals surface area contributed by atoms with Gasteiger partial charge in [0, 0.05) is 39.3 Å². The highest BCUT2D eigenvalue weighted by molar-refractivity contribution is 5.85. The van der Waals surface area contributed by atoms with E-state index in [2.05, 4.69) is 19.8 Å². The third-order valence-electron chi connectivity index (χ3n) is 5.99. The number of ether oxygens (including phenoxy) is 4. The van der Waals surface area contributed by atoms with Crippen LogP contribution in [0.1, 0.15) is 37.9 Å². The van der Waals surface area contributed by atoms with Crippen LogP contribution in [0.2, 0.25) is 0 Å². The Hall–Kier alpha value is -3.00. The van der Waals surface area contributed by atoms with Crippen LogP contribution in [0.5, 0.6) is 0 Å². The van der Waals surface area contributed by atoms with Crippen LogP contribution < -0.4 is 0 Å². The zero-order chi connectivity index (χ0) is 27.9. The number of pyridine rings is 2. The summed E-state index contributed by atoms with van der Waals surface area (Å²) >= 11 is 0. The molecule has 2 aromatic rings. The van der Waals surface area contributed by atoms with E-state index in [0.717, 1.165) is 5.56 Å². The zero-order valence-corrected chi connectivity index (χ0v) is 22.4. The van der Waals surface area contributed by atoms with Crippen LogP contribution in [-0.2, 0) is 32.0 Å². The molecule has 1 saturated heterocycles. The molecule has 1 fully saturated rings. The predicted molar refractivity (Wildman–Crippen MR) is 141 cm³/mol. The number of nitrogens with zero attached hydrogens (tertiary/aromatic N) is 4. The van der Waals surface area contributed by atoms with Crippen molar-refractivity contribution in [2.75, 3.05) is 79.0 Å². The zero-order valence-electron chi connectivity index (χ0n) is 22.4. The first-order chi connectivity index (χ1) is 18.9. The first kappa shape index (κ1) is 30.5.